The molecule has 0 bridgehead atoms. The highest BCUT2D eigenvalue weighted by Gasteiger charge is 2.43. The molecule has 0 radical (unpaired) electrons. The molecule has 1 heterocycles. The molecule has 1 aromatic heterocycles. The van der Waals surface area contributed by atoms with Gasteiger partial charge in [0.1, 0.15) is 0 Å². The molecule has 2 aromatic carbocycles. The Bertz CT molecular complexity index is 1350. The van der Waals surface area contributed by atoms with E-state index in [1.165, 1.54) is 5.56 Å². The number of hydrogen-bond donors (Lipinski definition) is 3. The van der Waals surface area contributed by atoms with Gasteiger partial charge in [0.15, 0.2) is 5.60 Å². The number of aromatic nitrogens is 1. The van der Waals surface area contributed by atoms with E-state index in [1.54, 1.807) is 4.90 Å². The number of rotatable bonds is 13. The van der Waals surface area contributed by atoms with Gasteiger partial charge in [-0.3, -0.25) is 14.5 Å². The van der Waals surface area contributed by atoms with Gasteiger partial charge in [0.25, 0.3) is 0 Å². The average molecular weight is 564 g/mol. The summed E-state index contributed by atoms with van der Waals surface area (Å²) in [5.74, 6) is -3.51. The molecule has 1 fully saturated rings. The van der Waals surface area contributed by atoms with Crippen molar-refractivity contribution in [1.82, 2.24) is 14.4 Å². The SMILES string of the molecule is CN(C)C1(c2ccccc2)CCC(CN(CCCn2ccc3ccccc32)C(=O)CC(O)(CC(=O)O)C(=O)O)CC1. The lowest BCUT2D eigenvalue weighted by molar-refractivity contribution is -0.169. The minimum atomic E-state index is -2.66. The maximum Gasteiger partial charge on any atom is 0.336 e. The number of fused-ring (bicyclic) bond motifs is 1. The van der Waals surface area contributed by atoms with E-state index in [0.29, 0.717) is 26.1 Å². The van der Waals surface area contributed by atoms with Crippen LogP contribution in [0.1, 0.15) is 50.5 Å². The van der Waals surface area contributed by atoms with Gasteiger partial charge in [-0.15, -0.1) is 0 Å². The molecule has 3 aromatic rings. The molecule has 4 rings (SSSR count). The monoisotopic (exact) mass is 563 g/mol. The van der Waals surface area contributed by atoms with Crippen LogP contribution in [0.2, 0.25) is 0 Å². The standard InChI is InChI=1S/C32H41N3O6/c1-33(2)31(26-10-4-3-5-11-26)16-13-24(14-17-31)23-35(28(36)21-32(41,30(39)40)22-29(37)38)19-8-18-34-20-15-25-9-6-7-12-27(25)34/h3-7,9-12,15,20,24,41H,8,13-14,16-19,21-23H2,1-2H3,(H,37,38)(H,39,40). The van der Waals surface area contributed by atoms with E-state index >= 15 is 0 Å². The Morgan fingerprint density at radius 3 is 2.24 bits per heavy atom. The van der Waals surface area contributed by atoms with Crippen molar-refractivity contribution in [3.8, 4) is 0 Å². The number of carboxylic acids is 2. The fourth-order valence-electron chi connectivity index (χ4n) is 6.30. The smallest absolute Gasteiger partial charge is 0.336 e. The van der Waals surface area contributed by atoms with Gasteiger partial charge in [0, 0.05) is 36.9 Å². The maximum absolute atomic E-state index is 13.5. The summed E-state index contributed by atoms with van der Waals surface area (Å²) in [5.41, 5.74) is -0.374. The van der Waals surface area contributed by atoms with Crippen LogP contribution in [-0.4, -0.2) is 80.3 Å². The first-order valence-electron chi connectivity index (χ1n) is 14.3. The van der Waals surface area contributed by atoms with Gasteiger partial charge in [-0.25, -0.2) is 4.79 Å². The van der Waals surface area contributed by atoms with Gasteiger partial charge in [0.05, 0.1) is 12.8 Å². The number of benzene rings is 2. The van der Waals surface area contributed by atoms with Crippen LogP contribution >= 0.6 is 0 Å². The molecule has 1 aliphatic carbocycles. The van der Waals surface area contributed by atoms with Crippen molar-refractivity contribution in [3.63, 3.8) is 0 Å². The number of carbonyl (C=O) groups excluding carboxylic acids is 1. The van der Waals surface area contributed by atoms with E-state index in [9.17, 15) is 29.7 Å². The van der Waals surface area contributed by atoms with Crippen LogP contribution in [0.15, 0.2) is 66.9 Å². The quantitative estimate of drug-likeness (QED) is 0.285. The first-order chi connectivity index (χ1) is 19.5. The fourth-order valence-corrected chi connectivity index (χ4v) is 6.30. The van der Waals surface area contributed by atoms with Crippen LogP contribution in [0, 0.1) is 5.92 Å². The number of aliphatic carboxylic acids is 2. The lowest BCUT2D eigenvalue weighted by Crippen LogP contribution is -2.49. The van der Waals surface area contributed by atoms with E-state index in [4.69, 9.17) is 0 Å². The predicted molar refractivity (Wildman–Crippen MR) is 156 cm³/mol. The summed E-state index contributed by atoms with van der Waals surface area (Å²) in [7, 11) is 4.20. The van der Waals surface area contributed by atoms with Crippen LogP contribution < -0.4 is 0 Å². The normalized spacial score (nSPS) is 20.5. The van der Waals surface area contributed by atoms with Gasteiger partial charge >= 0.3 is 11.9 Å². The topological polar surface area (TPSA) is 123 Å². The summed E-state index contributed by atoms with van der Waals surface area (Å²) in [5, 5.41) is 30.5. The molecule has 0 spiro atoms. The predicted octanol–water partition coefficient (Wildman–Crippen LogP) is 4.19. The van der Waals surface area contributed by atoms with Crippen molar-refractivity contribution < 1.29 is 29.7 Å². The zero-order valence-corrected chi connectivity index (χ0v) is 23.9. The summed E-state index contributed by atoms with van der Waals surface area (Å²) < 4.78 is 2.13. The number of hydrogen-bond acceptors (Lipinski definition) is 5. The Balaban J connectivity index is 1.48. The second kappa shape index (κ2) is 12.9. The molecule has 1 saturated carbocycles. The summed E-state index contributed by atoms with van der Waals surface area (Å²) in [6.07, 6.45) is 4.44. The number of para-hydroxylation sites is 1. The van der Waals surface area contributed by atoms with Crippen molar-refractivity contribution in [2.24, 2.45) is 5.92 Å². The van der Waals surface area contributed by atoms with Crippen molar-refractivity contribution >= 4 is 28.7 Å². The summed E-state index contributed by atoms with van der Waals surface area (Å²) in [6, 6.07) is 20.6. The number of carbonyl (C=O) groups is 3. The Morgan fingerprint density at radius 2 is 1.61 bits per heavy atom. The molecule has 3 N–H and O–H groups in total. The largest absolute Gasteiger partial charge is 0.481 e. The van der Waals surface area contributed by atoms with Crippen molar-refractivity contribution in [2.75, 3.05) is 27.2 Å². The van der Waals surface area contributed by atoms with E-state index in [0.717, 1.165) is 36.6 Å². The number of nitrogens with zero attached hydrogens (tertiary/aromatic N) is 3. The van der Waals surface area contributed by atoms with Gasteiger partial charge in [-0.05, 0) is 75.2 Å². The second-order valence-electron chi connectivity index (χ2n) is 11.6. The Kier molecular flexibility index (Phi) is 9.50. The Labute approximate surface area is 241 Å². The van der Waals surface area contributed by atoms with Crippen molar-refractivity contribution in [2.45, 2.75) is 62.6 Å². The van der Waals surface area contributed by atoms with Gasteiger partial charge < -0.3 is 24.8 Å². The van der Waals surface area contributed by atoms with Crippen LogP contribution in [0.3, 0.4) is 0 Å². The molecule has 41 heavy (non-hydrogen) atoms. The third kappa shape index (κ3) is 6.97. The number of carboxylic acid groups (broad SMARTS) is 2. The molecule has 0 saturated heterocycles. The number of aryl methyl sites for hydroxylation is 1. The molecule has 0 aliphatic heterocycles. The first-order valence-corrected chi connectivity index (χ1v) is 14.3. The van der Waals surface area contributed by atoms with Gasteiger partial charge in [-0.2, -0.15) is 0 Å². The Hall–Kier alpha value is -3.69. The third-order valence-electron chi connectivity index (χ3n) is 8.72. The maximum atomic E-state index is 13.5. The number of aliphatic hydroxyl groups is 1. The van der Waals surface area contributed by atoms with Crippen LogP contribution in [-0.2, 0) is 26.5 Å². The highest BCUT2D eigenvalue weighted by Crippen LogP contribution is 2.43. The lowest BCUT2D eigenvalue weighted by Gasteiger charge is -2.46. The average Bonchev–Trinajstić information content (AvgIpc) is 3.35. The zero-order valence-electron chi connectivity index (χ0n) is 23.9. The minimum Gasteiger partial charge on any atom is -0.481 e. The van der Waals surface area contributed by atoms with E-state index in [-0.39, 0.29) is 11.5 Å². The summed E-state index contributed by atoms with van der Waals surface area (Å²) in [4.78, 5) is 40.4. The third-order valence-corrected chi connectivity index (χ3v) is 8.72. The van der Waals surface area contributed by atoms with Crippen molar-refractivity contribution in [3.05, 3.63) is 72.4 Å². The fraction of sp³-hybridized carbons (Fsp3) is 0.469. The van der Waals surface area contributed by atoms with E-state index in [2.05, 4.69) is 47.8 Å². The summed E-state index contributed by atoms with van der Waals surface area (Å²) in [6.45, 7) is 1.48. The van der Waals surface area contributed by atoms with E-state index < -0.39 is 36.3 Å². The molecule has 9 nitrogen and oxygen atoms in total. The highest BCUT2D eigenvalue weighted by molar-refractivity contribution is 5.90. The van der Waals surface area contributed by atoms with Gasteiger partial charge in [-0.1, -0.05) is 48.5 Å². The second-order valence-corrected chi connectivity index (χ2v) is 11.6. The first kappa shape index (κ1) is 30.3. The zero-order chi connectivity index (χ0) is 29.6. The molecule has 1 amide bonds. The lowest BCUT2D eigenvalue weighted by atomic mass is 9.72. The molecule has 220 valence electrons. The minimum absolute atomic E-state index is 0.0902. The van der Waals surface area contributed by atoms with Crippen molar-refractivity contribution in [1.29, 1.82) is 0 Å². The van der Waals surface area contributed by atoms with Crippen LogP contribution in [0.25, 0.3) is 10.9 Å². The molecular weight excluding hydrogens is 522 g/mol. The number of amides is 1. The Morgan fingerprint density at radius 1 is 0.951 bits per heavy atom. The van der Waals surface area contributed by atoms with Crippen LogP contribution in [0.5, 0.6) is 0 Å². The van der Waals surface area contributed by atoms with Crippen LogP contribution in [0.4, 0.5) is 0 Å². The molecule has 1 atom stereocenters. The highest BCUT2D eigenvalue weighted by atomic mass is 16.4. The van der Waals surface area contributed by atoms with E-state index in [1.807, 2.05) is 42.6 Å². The molecule has 9 heteroatoms. The summed E-state index contributed by atoms with van der Waals surface area (Å²) >= 11 is 0. The molecular formula is C32H41N3O6. The van der Waals surface area contributed by atoms with Gasteiger partial charge in [0.2, 0.25) is 5.91 Å². The molecule has 1 unspecified atom stereocenters. The molecule has 1 aliphatic rings.